The standard InChI is InChI=1S/C33H39ClN2O3/c1-25-11-8-9-14-27(25)24-36(32(37)17-10-22-39-30-20-18-28(34)19-21-30)31(23-26-12-4-2-5-13-26)33(38)35-29-15-6-3-7-16-29/h2,4-5,8-9,11-14,18-21,29,31H,3,6-7,10,15-17,22-24H2,1H3,(H,35,38)/t31-/m0/s1. The Hall–Kier alpha value is -3.31. The highest BCUT2D eigenvalue weighted by Crippen LogP contribution is 2.22. The molecule has 3 aromatic rings. The number of hydrogen-bond acceptors (Lipinski definition) is 3. The van der Waals surface area contributed by atoms with Crippen molar-refractivity contribution in [1.82, 2.24) is 10.2 Å². The molecule has 0 saturated heterocycles. The van der Waals surface area contributed by atoms with Crippen LogP contribution in [0.5, 0.6) is 5.75 Å². The Morgan fingerprint density at radius 2 is 1.64 bits per heavy atom. The summed E-state index contributed by atoms with van der Waals surface area (Å²) in [6.45, 7) is 2.84. The van der Waals surface area contributed by atoms with E-state index >= 15 is 0 Å². The first kappa shape index (κ1) is 28.7. The van der Waals surface area contributed by atoms with E-state index in [9.17, 15) is 9.59 Å². The van der Waals surface area contributed by atoms with Crippen LogP contribution in [-0.4, -0.2) is 35.4 Å². The highest BCUT2D eigenvalue weighted by atomic mass is 35.5. The summed E-state index contributed by atoms with van der Waals surface area (Å²) in [7, 11) is 0. The van der Waals surface area contributed by atoms with Crippen LogP contribution in [-0.2, 0) is 22.6 Å². The average molecular weight is 547 g/mol. The molecule has 39 heavy (non-hydrogen) atoms. The minimum Gasteiger partial charge on any atom is -0.494 e. The Balaban J connectivity index is 1.52. The number of benzene rings is 3. The van der Waals surface area contributed by atoms with Gasteiger partial charge in [0.15, 0.2) is 0 Å². The molecule has 0 aliphatic heterocycles. The molecule has 0 radical (unpaired) electrons. The van der Waals surface area contributed by atoms with Crippen molar-refractivity contribution in [1.29, 1.82) is 0 Å². The Morgan fingerprint density at radius 1 is 0.949 bits per heavy atom. The maximum atomic E-state index is 13.8. The van der Waals surface area contributed by atoms with Crippen LogP contribution in [0.15, 0.2) is 78.9 Å². The van der Waals surface area contributed by atoms with Crippen molar-refractivity contribution < 1.29 is 14.3 Å². The van der Waals surface area contributed by atoms with Gasteiger partial charge in [-0.15, -0.1) is 0 Å². The third-order valence-electron chi connectivity index (χ3n) is 7.44. The Labute approximate surface area is 237 Å². The monoisotopic (exact) mass is 546 g/mol. The average Bonchev–Trinajstić information content (AvgIpc) is 2.96. The first-order valence-electron chi connectivity index (χ1n) is 14.1. The van der Waals surface area contributed by atoms with Crippen LogP contribution in [0.1, 0.15) is 61.6 Å². The quantitative estimate of drug-likeness (QED) is 0.251. The van der Waals surface area contributed by atoms with Gasteiger partial charge in [0.05, 0.1) is 6.61 Å². The molecule has 4 rings (SSSR count). The van der Waals surface area contributed by atoms with E-state index in [2.05, 4.69) is 5.32 Å². The van der Waals surface area contributed by atoms with Gasteiger partial charge in [-0.05, 0) is 67.1 Å². The fourth-order valence-electron chi connectivity index (χ4n) is 5.16. The van der Waals surface area contributed by atoms with Crippen molar-refractivity contribution in [2.24, 2.45) is 0 Å². The molecule has 1 aliphatic rings. The number of amides is 2. The maximum absolute atomic E-state index is 13.8. The Morgan fingerprint density at radius 3 is 2.36 bits per heavy atom. The van der Waals surface area contributed by atoms with Crippen molar-refractivity contribution in [2.45, 2.75) is 76.9 Å². The summed E-state index contributed by atoms with van der Waals surface area (Å²) in [4.78, 5) is 29.4. The lowest BCUT2D eigenvalue weighted by Crippen LogP contribution is -2.52. The van der Waals surface area contributed by atoms with Crippen LogP contribution in [0.2, 0.25) is 5.02 Å². The number of halogens is 1. The van der Waals surface area contributed by atoms with Crippen molar-refractivity contribution in [3.8, 4) is 5.75 Å². The molecule has 3 aromatic carbocycles. The second-order valence-corrected chi connectivity index (χ2v) is 10.8. The molecule has 2 amide bonds. The molecule has 6 heteroatoms. The highest BCUT2D eigenvalue weighted by molar-refractivity contribution is 6.30. The van der Waals surface area contributed by atoms with Crippen LogP contribution < -0.4 is 10.1 Å². The van der Waals surface area contributed by atoms with Crippen molar-refractivity contribution >= 4 is 23.4 Å². The molecule has 0 spiro atoms. The van der Waals surface area contributed by atoms with Crippen LogP contribution in [0.25, 0.3) is 0 Å². The molecular weight excluding hydrogens is 508 g/mol. The van der Waals surface area contributed by atoms with Crippen molar-refractivity contribution in [2.75, 3.05) is 6.61 Å². The summed E-state index contributed by atoms with van der Waals surface area (Å²) < 4.78 is 5.82. The normalized spacial score (nSPS) is 14.4. The van der Waals surface area contributed by atoms with E-state index in [1.54, 1.807) is 17.0 Å². The molecule has 0 bridgehead atoms. The zero-order valence-corrected chi connectivity index (χ0v) is 23.5. The van der Waals surface area contributed by atoms with Gasteiger partial charge in [-0.3, -0.25) is 9.59 Å². The van der Waals surface area contributed by atoms with E-state index in [4.69, 9.17) is 16.3 Å². The van der Waals surface area contributed by atoms with E-state index in [-0.39, 0.29) is 17.9 Å². The lowest BCUT2D eigenvalue weighted by atomic mass is 9.94. The molecule has 1 atom stereocenters. The van der Waals surface area contributed by atoms with Crippen LogP contribution in [0, 0.1) is 6.92 Å². The van der Waals surface area contributed by atoms with Crippen LogP contribution >= 0.6 is 11.6 Å². The molecule has 0 unspecified atom stereocenters. The van der Waals surface area contributed by atoms with Crippen LogP contribution in [0.4, 0.5) is 0 Å². The van der Waals surface area contributed by atoms with Crippen molar-refractivity contribution in [3.05, 3.63) is 101 Å². The molecule has 1 aliphatic carbocycles. The molecule has 0 aromatic heterocycles. The minimum absolute atomic E-state index is 0.0438. The zero-order valence-electron chi connectivity index (χ0n) is 22.8. The lowest BCUT2D eigenvalue weighted by Gasteiger charge is -2.34. The summed E-state index contributed by atoms with van der Waals surface area (Å²) in [5.74, 6) is 0.611. The molecular formula is C33H39ClN2O3. The highest BCUT2D eigenvalue weighted by Gasteiger charge is 2.32. The summed E-state index contributed by atoms with van der Waals surface area (Å²) in [6.07, 6.45) is 6.79. The predicted molar refractivity (Wildman–Crippen MR) is 157 cm³/mol. The second-order valence-electron chi connectivity index (χ2n) is 10.4. The number of nitrogens with zero attached hydrogens (tertiary/aromatic N) is 1. The molecule has 5 nitrogen and oxygen atoms in total. The Bertz CT molecular complexity index is 1190. The van der Waals surface area contributed by atoms with E-state index in [0.29, 0.717) is 37.4 Å². The third-order valence-corrected chi connectivity index (χ3v) is 7.69. The van der Waals surface area contributed by atoms with E-state index in [1.807, 2.05) is 73.7 Å². The molecule has 1 fully saturated rings. The number of carbonyl (C=O) groups is 2. The predicted octanol–water partition coefficient (Wildman–Crippen LogP) is 6.90. The van der Waals surface area contributed by atoms with Gasteiger partial charge in [-0.2, -0.15) is 0 Å². The number of rotatable bonds is 12. The second kappa shape index (κ2) is 14.7. The van der Waals surface area contributed by atoms with Gasteiger partial charge >= 0.3 is 0 Å². The SMILES string of the molecule is Cc1ccccc1CN(C(=O)CCCOc1ccc(Cl)cc1)[C@@H](Cc1ccccc1)C(=O)NC1CCCCC1. The summed E-state index contributed by atoms with van der Waals surface area (Å²) in [5.41, 5.74) is 3.19. The molecule has 0 heterocycles. The molecule has 206 valence electrons. The van der Waals surface area contributed by atoms with Gasteiger partial charge in [-0.1, -0.05) is 85.5 Å². The maximum Gasteiger partial charge on any atom is 0.243 e. The van der Waals surface area contributed by atoms with E-state index in [0.717, 1.165) is 48.1 Å². The number of aryl methyl sites for hydroxylation is 1. The summed E-state index contributed by atoms with van der Waals surface area (Å²) in [6, 6.07) is 24.8. The first-order valence-corrected chi connectivity index (χ1v) is 14.4. The van der Waals surface area contributed by atoms with E-state index < -0.39 is 6.04 Å². The van der Waals surface area contributed by atoms with Gasteiger partial charge in [0.2, 0.25) is 11.8 Å². The number of ether oxygens (including phenoxy) is 1. The Kier molecular flexibility index (Phi) is 10.8. The minimum atomic E-state index is -0.599. The summed E-state index contributed by atoms with van der Waals surface area (Å²) in [5, 5.41) is 3.95. The van der Waals surface area contributed by atoms with Gasteiger partial charge in [0.25, 0.3) is 0 Å². The van der Waals surface area contributed by atoms with Gasteiger partial charge in [0, 0.05) is 30.5 Å². The third kappa shape index (κ3) is 8.86. The number of hydrogen-bond donors (Lipinski definition) is 1. The van der Waals surface area contributed by atoms with E-state index in [1.165, 1.54) is 6.42 Å². The summed E-state index contributed by atoms with van der Waals surface area (Å²) >= 11 is 5.96. The fraction of sp³-hybridized carbons (Fsp3) is 0.394. The lowest BCUT2D eigenvalue weighted by molar-refractivity contribution is -0.141. The van der Waals surface area contributed by atoms with Gasteiger partial charge in [-0.25, -0.2) is 0 Å². The van der Waals surface area contributed by atoms with Gasteiger partial charge in [0.1, 0.15) is 11.8 Å². The fourth-order valence-corrected chi connectivity index (χ4v) is 5.28. The largest absolute Gasteiger partial charge is 0.494 e. The first-order chi connectivity index (χ1) is 19.0. The number of carbonyl (C=O) groups excluding carboxylic acids is 2. The molecule has 1 saturated carbocycles. The topological polar surface area (TPSA) is 58.6 Å². The number of nitrogens with one attached hydrogen (secondary N) is 1. The molecule has 1 N–H and O–H groups in total. The van der Waals surface area contributed by atoms with Crippen LogP contribution in [0.3, 0.4) is 0 Å². The zero-order chi connectivity index (χ0) is 27.5. The van der Waals surface area contributed by atoms with Crippen molar-refractivity contribution in [3.63, 3.8) is 0 Å². The van der Waals surface area contributed by atoms with Gasteiger partial charge < -0.3 is 15.0 Å². The smallest absolute Gasteiger partial charge is 0.243 e.